The summed E-state index contributed by atoms with van der Waals surface area (Å²) < 4.78 is 47.4. The van der Waals surface area contributed by atoms with Gasteiger partial charge in [-0.2, -0.15) is 18.2 Å². The van der Waals surface area contributed by atoms with Crippen molar-refractivity contribution >= 4 is 46.0 Å². The van der Waals surface area contributed by atoms with Crippen molar-refractivity contribution in [2.75, 3.05) is 49.8 Å². The van der Waals surface area contributed by atoms with Crippen molar-refractivity contribution in [2.45, 2.75) is 45.5 Å². The molecule has 1 N–H and O–H groups in total. The third-order valence-electron chi connectivity index (χ3n) is 8.45. The number of aromatic nitrogens is 1. The molecule has 246 valence electrons. The number of fused-ring (bicyclic) bond motifs is 2. The Morgan fingerprint density at radius 3 is 2.46 bits per heavy atom. The number of benzene rings is 2. The number of hydrogen-bond donors (Lipinski definition) is 1. The Balaban J connectivity index is 1.69. The van der Waals surface area contributed by atoms with Gasteiger partial charge in [0, 0.05) is 42.3 Å². The van der Waals surface area contributed by atoms with Crippen molar-refractivity contribution < 1.29 is 41.9 Å². The van der Waals surface area contributed by atoms with Crippen molar-refractivity contribution in [3.8, 4) is 0 Å². The fourth-order valence-electron chi connectivity index (χ4n) is 6.15. The number of piperidine rings is 1. The molecule has 11 nitrogen and oxygen atoms in total. The van der Waals surface area contributed by atoms with Crippen molar-refractivity contribution in [1.82, 2.24) is 14.8 Å². The summed E-state index contributed by atoms with van der Waals surface area (Å²) in [5.41, 5.74) is 0.966. The monoisotopic (exact) mass is 643 g/mol. The second-order valence-corrected chi connectivity index (χ2v) is 11.3. The van der Waals surface area contributed by atoms with Gasteiger partial charge in [-0.15, -0.1) is 0 Å². The van der Waals surface area contributed by atoms with Gasteiger partial charge < -0.3 is 29.3 Å². The van der Waals surface area contributed by atoms with Crippen LogP contribution in [0.15, 0.2) is 48.7 Å². The molecule has 1 saturated heterocycles. The lowest BCUT2D eigenvalue weighted by Crippen LogP contribution is -2.52. The first kappa shape index (κ1) is 32.8. The summed E-state index contributed by atoms with van der Waals surface area (Å²) >= 11 is 0. The van der Waals surface area contributed by atoms with Crippen LogP contribution in [0.4, 0.5) is 24.5 Å². The van der Waals surface area contributed by atoms with Crippen LogP contribution in [0.3, 0.4) is 0 Å². The van der Waals surface area contributed by atoms with Crippen LogP contribution >= 0.6 is 0 Å². The number of rotatable bonds is 9. The van der Waals surface area contributed by atoms with E-state index in [0.29, 0.717) is 35.6 Å². The summed E-state index contributed by atoms with van der Waals surface area (Å²) in [6.07, 6.45) is -2.15. The minimum absolute atomic E-state index is 0.00490. The van der Waals surface area contributed by atoms with Gasteiger partial charge in [-0.3, -0.25) is 9.59 Å². The molecule has 46 heavy (non-hydrogen) atoms. The number of methoxy groups -OCH3 is 1. The Hall–Kier alpha value is -4.59. The zero-order valence-electron chi connectivity index (χ0n) is 25.8. The van der Waals surface area contributed by atoms with Gasteiger partial charge in [-0.25, -0.2) is 9.59 Å². The van der Waals surface area contributed by atoms with E-state index < -0.39 is 30.1 Å². The maximum Gasteiger partial charge on any atom is 0.493 e. The summed E-state index contributed by atoms with van der Waals surface area (Å²) in [6.45, 7) is 6.23. The summed E-state index contributed by atoms with van der Waals surface area (Å²) in [5, 5.41) is 4.47. The van der Waals surface area contributed by atoms with E-state index in [1.54, 1.807) is 39.9 Å². The fraction of sp³-hybridized carbons (Fsp3) is 0.438. The van der Waals surface area contributed by atoms with Crippen LogP contribution in [0.5, 0.6) is 0 Å². The SMILES string of the molecule is CCN(CC)C(=O)Cn1cc(C2C(=O)N(CC3CCCNC3)c3cc(C(=O)OC)ccc3N2OC(=O)C(F)(F)F)c2ccccc21. The lowest BCUT2D eigenvalue weighted by molar-refractivity contribution is -0.202. The molecule has 1 fully saturated rings. The molecule has 2 amide bonds. The molecule has 2 aliphatic heterocycles. The first-order valence-corrected chi connectivity index (χ1v) is 15.2. The Morgan fingerprint density at radius 2 is 1.80 bits per heavy atom. The lowest BCUT2D eigenvalue weighted by Gasteiger charge is -2.42. The molecule has 0 aliphatic carbocycles. The van der Waals surface area contributed by atoms with Crippen LogP contribution in [0, 0.1) is 5.92 Å². The third kappa shape index (κ3) is 6.39. The molecule has 2 atom stereocenters. The van der Waals surface area contributed by atoms with Gasteiger partial charge in [0.2, 0.25) is 5.91 Å². The topological polar surface area (TPSA) is 113 Å². The van der Waals surface area contributed by atoms with Crippen LogP contribution in [0.25, 0.3) is 10.9 Å². The van der Waals surface area contributed by atoms with Crippen molar-refractivity contribution in [3.63, 3.8) is 0 Å². The Bertz CT molecular complexity index is 1630. The number of alkyl halides is 3. The molecular formula is C32H36F3N5O6. The van der Waals surface area contributed by atoms with Crippen LogP contribution in [0.1, 0.15) is 48.7 Å². The molecule has 1 aromatic heterocycles. The Kier molecular flexibility index (Phi) is 9.56. The third-order valence-corrected chi connectivity index (χ3v) is 8.45. The first-order chi connectivity index (χ1) is 22.0. The highest BCUT2D eigenvalue weighted by molar-refractivity contribution is 6.09. The van der Waals surface area contributed by atoms with E-state index in [4.69, 9.17) is 9.57 Å². The maximum absolute atomic E-state index is 14.6. The average molecular weight is 644 g/mol. The largest absolute Gasteiger partial charge is 0.493 e. The van der Waals surface area contributed by atoms with E-state index in [1.165, 1.54) is 30.2 Å². The fourth-order valence-corrected chi connectivity index (χ4v) is 6.15. The molecule has 3 aromatic rings. The van der Waals surface area contributed by atoms with Gasteiger partial charge in [0.15, 0.2) is 6.04 Å². The van der Waals surface area contributed by atoms with E-state index in [9.17, 15) is 32.3 Å². The normalized spacial score (nSPS) is 18.3. The molecule has 0 saturated carbocycles. The lowest BCUT2D eigenvalue weighted by atomic mass is 9.95. The van der Waals surface area contributed by atoms with Crippen LogP contribution < -0.4 is 15.3 Å². The number of hydroxylamine groups is 1. The number of carbonyl (C=O) groups is 4. The number of nitrogens with one attached hydrogen (secondary N) is 1. The van der Waals surface area contributed by atoms with Crippen molar-refractivity contribution in [2.24, 2.45) is 5.92 Å². The second kappa shape index (κ2) is 13.4. The second-order valence-electron chi connectivity index (χ2n) is 11.3. The van der Waals surface area contributed by atoms with Crippen LogP contribution in [-0.2, 0) is 30.5 Å². The van der Waals surface area contributed by atoms with E-state index in [1.807, 2.05) is 13.8 Å². The quantitative estimate of drug-likeness (QED) is 0.345. The zero-order valence-corrected chi connectivity index (χ0v) is 25.8. The van der Waals surface area contributed by atoms with Gasteiger partial charge in [0.25, 0.3) is 5.91 Å². The number of para-hydroxylation sites is 1. The summed E-state index contributed by atoms with van der Waals surface area (Å²) in [7, 11) is 1.19. The predicted octanol–water partition coefficient (Wildman–Crippen LogP) is 4.21. The molecule has 5 rings (SSSR count). The van der Waals surface area contributed by atoms with Crippen molar-refractivity contribution in [3.05, 3.63) is 59.8 Å². The zero-order chi connectivity index (χ0) is 33.2. The van der Waals surface area contributed by atoms with Gasteiger partial charge >= 0.3 is 18.1 Å². The smallest absolute Gasteiger partial charge is 0.465 e. The number of halogens is 3. The molecule has 2 aliphatic rings. The molecule has 0 spiro atoms. The van der Waals surface area contributed by atoms with E-state index in [0.717, 1.165) is 19.4 Å². The number of likely N-dealkylation sites (N-methyl/N-ethyl adjacent to an activating group) is 1. The molecule has 2 unspecified atom stereocenters. The number of anilines is 2. The van der Waals surface area contributed by atoms with Gasteiger partial charge in [-0.1, -0.05) is 18.2 Å². The number of carbonyl (C=O) groups excluding carboxylic acids is 4. The van der Waals surface area contributed by atoms with Crippen LogP contribution in [0.2, 0.25) is 0 Å². The predicted molar refractivity (Wildman–Crippen MR) is 163 cm³/mol. The maximum atomic E-state index is 14.6. The molecular weight excluding hydrogens is 607 g/mol. The number of hydrogen-bond acceptors (Lipinski definition) is 8. The molecule has 14 heteroatoms. The number of nitrogens with zero attached hydrogens (tertiary/aromatic N) is 4. The highest BCUT2D eigenvalue weighted by atomic mass is 19.4. The number of esters is 1. The summed E-state index contributed by atoms with van der Waals surface area (Å²) in [4.78, 5) is 60.6. The average Bonchev–Trinajstić information content (AvgIpc) is 3.40. The van der Waals surface area contributed by atoms with Gasteiger partial charge in [-0.05, 0) is 70.0 Å². The van der Waals surface area contributed by atoms with Gasteiger partial charge in [0.05, 0.1) is 18.4 Å². The standard InChI is InChI=1S/C32H36F3N5O6/c1-4-37(5-2)27(41)19-38-18-23(22-10-6-7-11-24(22)38)28-29(42)39(17-20-9-8-14-36-16-20)26-15-21(30(43)45-3)12-13-25(26)40(28)46-31(44)32(33,34)35/h6-7,10-13,15,18,20,28,36H,4-5,8-9,14,16-17,19H2,1-3H3. The van der Waals surface area contributed by atoms with E-state index >= 15 is 0 Å². The Labute approximate surface area is 263 Å². The van der Waals surface area contributed by atoms with Crippen molar-refractivity contribution in [1.29, 1.82) is 0 Å². The minimum Gasteiger partial charge on any atom is -0.465 e. The van der Waals surface area contributed by atoms with Gasteiger partial charge in [0.1, 0.15) is 12.2 Å². The summed E-state index contributed by atoms with van der Waals surface area (Å²) in [5.74, 6) is -4.06. The number of amides is 2. The highest BCUT2D eigenvalue weighted by Crippen LogP contribution is 2.45. The molecule has 3 heterocycles. The first-order valence-electron chi connectivity index (χ1n) is 15.2. The van der Waals surface area contributed by atoms with Crippen LogP contribution in [-0.4, -0.2) is 79.2 Å². The number of ether oxygens (including phenoxy) is 1. The van der Waals surface area contributed by atoms with E-state index in [2.05, 4.69) is 5.32 Å². The molecule has 0 radical (unpaired) electrons. The Morgan fingerprint density at radius 1 is 1.07 bits per heavy atom. The molecule has 0 bridgehead atoms. The highest BCUT2D eigenvalue weighted by Gasteiger charge is 2.49. The minimum atomic E-state index is -5.37. The van der Waals surface area contributed by atoms with E-state index in [-0.39, 0.29) is 47.4 Å². The molecule has 2 aromatic carbocycles. The summed E-state index contributed by atoms with van der Waals surface area (Å²) in [6, 6.07) is 9.38.